The highest BCUT2D eigenvalue weighted by molar-refractivity contribution is 6.05. The Balaban J connectivity index is 2.17. The van der Waals surface area contributed by atoms with Gasteiger partial charge in [0.25, 0.3) is 0 Å². The third-order valence-electron chi connectivity index (χ3n) is 3.78. The molecular formula is C12H18N2O4. The maximum absolute atomic E-state index is 12.0. The van der Waals surface area contributed by atoms with Crippen molar-refractivity contribution in [3.05, 3.63) is 0 Å². The van der Waals surface area contributed by atoms with E-state index in [9.17, 15) is 14.4 Å². The second kappa shape index (κ2) is 5.06. The van der Waals surface area contributed by atoms with E-state index in [0.29, 0.717) is 13.0 Å². The largest absolute Gasteiger partial charge is 0.468 e. The lowest BCUT2D eigenvalue weighted by Crippen LogP contribution is -2.52. The van der Waals surface area contributed by atoms with Gasteiger partial charge in [0.2, 0.25) is 11.8 Å². The molecule has 6 nitrogen and oxygen atoms in total. The van der Waals surface area contributed by atoms with Crippen molar-refractivity contribution in [1.82, 2.24) is 9.80 Å². The molecule has 2 saturated heterocycles. The van der Waals surface area contributed by atoms with Gasteiger partial charge >= 0.3 is 5.97 Å². The summed E-state index contributed by atoms with van der Waals surface area (Å²) in [6.07, 6.45) is 2.74. The monoisotopic (exact) mass is 254 g/mol. The summed E-state index contributed by atoms with van der Waals surface area (Å²) in [6.45, 7) is 0.664. The Labute approximate surface area is 106 Å². The topological polar surface area (TPSA) is 66.9 Å². The maximum Gasteiger partial charge on any atom is 0.323 e. The molecule has 2 amide bonds. The van der Waals surface area contributed by atoms with E-state index in [-0.39, 0.29) is 24.2 Å². The molecule has 2 fully saturated rings. The van der Waals surface area contributed by atoms with Crippen LogP contribution in [0.2, 0.25) is 0 Å². The third-order valence-corrected chi connectivity index (χ3v) is 3.78. The van der Waals surface area contributed by atoms with Crippen LogP contribution in [-0.2, 0) is 19.1 Å². The number of rotatable bonds is 2. The number of carbonyl (C=O) groups is 3. The van der Waals surface area contributed by atoms with Crippen LogP contribution in [0, 0.1) is 0 Å². The first-order valence-electron chi connectivity index (χ1n) is 6.20. The van der Waals surface area contributed by atoms with Crippen molar-refractivity contribution >= 4 is 17.8 Å². The fourth-order valence-corrected chi connectivity index (χ4v) is 2.71. The standard InChI is InChI=1S/C12H18N2O4/c1-13-10(15)7-9(11(13)16)14-6-4-3-5-8(14)12(17)18-2/h8-9H,3-7H2,1-2H3. The molecule has 0 saturated carbocycles. The molecule has 2 rings (SSSR count). The summed E-state index contributed by atoms with van der Waals surface area (Å²) in [5, 5.41) is 0. The van der Waals surface area contributed by atoms with Crippen LogP contribution in [0.5, 0.6) is 0 Å². The number of ether oxygens (including phenoxy) is 1. The molecule has 2 aliphatic heterocycles. The van der Waals surface area contributed by atoms with Crippen LogP contribution in [0.3, 0.4) is 0 Å². The number of methoxy groups -OCH3 is 1. The fraction of sp³-hybridized carbons (Fsp3) is 0.750. The van der Waals surface area contributed by atoms with Gasteiger partial charge in [0, 0.05) is 7.05 Å². The predicted octanol–water partition coefficient (Wildman–Crippen LogP) is -0.229. The molecule has 0 aromatic heterocycles. The van der Waals surface area contributed by atoms with Gasteiger partial charge in [-0.25, -0.2) is 0 Å². The first-order chi connectivity index (χ1) is 8.56. The summed E-state index contributed by atoms with van der Waals surface area (Å²) >= 11 is 0. The molecule has 0 aliphatic carbocycles. The molecule has 6 heteroatoms. The van der Waals surface area contributed by atoms with Crippen molar-refractivity contribution in [2.24, 2.45) is 0 Å². The lowest BCUT2D eigenvalue weighted by Gasteiger charge is -2.36. The van der Waals surface area contributed by atoms with E-state index in [2.05, 4.69) is 0 Å². The Morgan fingerprint density at radius 3 is 2.61 bits per heavy atom. The van der Waals surface area contributed by atoms with Crippen molar-refractivity contribution in [3.8, 4) is 0 Å². The molecule has 100 valence electrons. The van der Waals surface area contributed by atoms with E-state index in [1.54, 1.807) is 0 Å². The first-order valence-corrected chi connectivity index (χ1v) is 6.20. The van der Waals surface area contributed by atoms with Gasteiger partial charge in [-0.15, -0.1) is 0 Å². The van der Waals surface area contributed by atoms with Crippen LogP contribution in [-0.4, -0.2) is 60.4 Å². The number of hydrogen-bond donors (Lipinski definition) is 0. The SMILES string of the molecule is COC(=O)C1CCCCN1C1CC(=O)N(C)C1=O. The number of likely N-dealkylation sites (N-methyl/N-ethyl adjacent to an activating group) is 1. The van der Waals surface area contributed by atoms with Crippen LogP contribution in [0.4, 0.5) is 0 Å². The van der Waals surface area contributed by atoms with E-state index in [1.807, 2.05) is 4.90 Å². The molecule has 0 aromatic rings. The van der Waals surface area contributed by atoms with Crippen molar-refractivity contribution in [2.45, 2.75) is 37.8 Å². The number of amides is 2. The summed E-state index contributed by atoms with van der Waals surface area (Å²) in [7, 11) is 2.84. The Morgan fingerprint density at radius 2 is 2.06 bits per heavy atom. The predicted molar refractivity (Wildman–Crippen MR) is 62.5 cm³/mol. The van der Waals surface area contributed by atoms with Crippen molar-refractivity contribution in [2.75, 3.05) is 20.7 Å². The highest BCUT2D eigenvalue weighted by atomic mass is 16.5. The molecule has 2 unspecified atom stereocenters. The van der Waals surface area contributed by atoms with E-state index in [1.165, 1.54) is 14.2 Å². The minimum atomic E-state index is -0.494. The number of likely N-dealkylation sites (tertiary alicyclic amines) is 2. The van der Waals surface area contributed by atoms with Crippen LogP contribution in [0.15, 0.2) is 0 Å². The Kier molecular flexibility index (Phi) is 3.65. The smallest absolute Gasteiger partial charge is 0.323 e. The molecule has 0 spiro atoms. The van der Waals surface area contributed by atoms with E-state index in [4.69, 9.17) is 4.74 Å². The Hall–Kier alpha value is -1.43. The lowest BCUT2D eigenvalue weighted by atomic mass is 9.99. The maximum atomic E-state index is 12.0. The summed E-state index contributed by atoms with van der Waals surface area (Å²) in [5.41, 5.74) is 0. The van der Waals surface area contributed by atoms with Gasteiger partial charge in [-0.2, -0.15) is 0 Å². The summed E-state index contributed by atoms with van der Waals surface area (Å²) in [4.78, 5) is 38.2. The van der Waals surface area contributed by atoms with Gasteiger partial charge in [0.1, 0.15) is 6.04 Å². The molecule has 0 bridgehead atoms. The fourth-order valence-electron chi connectivity index (χ4n) is 2.71. The quantitative estimate of drug-likeness (QED) is 0.503. The van der Waals surface area contributed by atoms with Gasteiger partial charge in [-0.3, -0.25) is 24.2 Å². The van der Waals surface area contributed by atoms with Crippen LogP contribution < -0.4 is 0 Å². The molecule has 2 atom stereocenters. The van der Waals surface area contributed by atoms with Gasteiger partial charge in [-0.1, -0.05) is 6.42 Å². The zero-order valence-electron chi connectivity index (χ0n) is 10.7. The average molecular weight is 254 g/mol. The minimum absolute atomic E-state index is 0.169. The molecule has 2 heterocycles. The number of imide groups is 1. The number of carbonyl (C=O) groups excluding carboxylic acids is 3. The van der Waals surface area contributed by atoms with E-state index >= 15 is 0 Å². The zero-order valence-corrected chi connectivity index (χ0v) is 10.7. The minimum Gasteiger partial charge on any atom is -0.468 e. The highest BCUT2D eigenvalue weighted by Gasteiger charge is 2.44. The Morgan fingerprint density at radius 1 is 1.33 bits per heavy atom. The first kappa shape index (κ1) is 13.0. The van der Waals surface area contributed by atoms with Crippen molar-refractivity contribution in [3.63, 3.8) is 0 Å². The number of nitrogens with zero attached hydrogens (tertiary/aromatic N) is 2. The summed E-state index contributed by atoms with van der Waals surface area (Å²) < 4.78 is 4.78. The number of hydrogen-bond acceptors (Lipinski definition) is 5. The number of piperidine rings is 1. The molecule has 0 N–H and O–H groups in total. The van der Waals surface area contributed by atoms with E-state index in [0.717, 1.165) is 17.7 Å². The second-order valence-electron chi connectivity index (χ2n) is 4.78. The van der Waals surface area contributed by atoms with Crippen molar-refractivity contribution in [1.29, 1.82) is 0 Å². The van der Waals surface area contributed by atoms with Gasteiger partial charge in [-0.05, 0) is 19.4 Å². The Bertz CT molecular complexity index is 382. The van der Waals surface area contributed by atoms with Crippen LogP contribution >= 0.6 is 0 Å². The van der Waals surface area contributed by atoms with E-state index < -0.39 is 12.1 Å². The third kappa shape index (κ3) is 2.12. The second-order valence-corrected chi connectivity index (χ2v) is 4.78. The summed E-state index contributed by atoms with van der Waals surface area (Å²) in [5.74, 6) is -0.709. The zero-order chi connectivity index (χ0) is 13.3. The highest BCUT2D eigenvalue weighted by Crippen LogP contribution is 2.26. The molecule has 0 radical (unpaired) electrons. The van der Waals surface area contributed by atoms with Crippen LogP contribution in [0.1, 0.15) is 25.7 Å². The number of esters is 1. The van der Waals surface area contributed by atoms with Gasteiger partial charge in [0.05, 0.1) is 19.6 Å². The van der Waals surface area contributed by atoms with Gasteiger partial charge in [0.15, 0.2) is 0 Å². The molecule has 18 heavy (non-hydrogen) atoms. The van der Waals surface area contributed by atoms with Crippen LogP contribution in [0.25, 0.3) is 0 Å². The lowest BCUT2D eigenvalue weighted by molar-refractivity contribution is -0.150. The molecule has 2 aliphatic rings. The normalized spacial score (nSPS) is 29.8. The molecular weight excluding hydrogens is 236 g/mol. The average Bonchev–Trinajstić information content (AvgIpc) is 2.65. The summed E-state index contributed by atoms with van der Waals surface area (Å²) in [6, 6.07) is -0.885. The van der Waals surface area contributed by atoms with Crippen molar-refractivity contribution < 1.29 is 19.1 Å². The van der Waals surface area contributed by atoms with Gasteiger partial charge < -0.3 is 4.74 Å². The molecule has 0 aromatic carbocycles.